The Hall–Kier alpha value is -2.47. The second-order valence-electron chi connectivity index (χ2n) is 13.3. The number of ether oxygens (including phenoxy) is 5. The van der Waals surface area contributed by atoms with Crippen molar-refractivity contribution in [1.82, 2.24) is 0 Å². The van der Waals surface area contributed by atoms with Crippen LogP contribution in [-0.4, -0.2) is 90.0 Å². The highest BCUT2D eigenvalue weighted by Crippen LogP contribution is 2.48. The Morgan fingerprint density at radius 3 is 2.60 bits per heavy atom. The number of Topliss-reactive ketones (excluding diaryl/α,β-unsaturated/α-hetero) is 1. The number of rotatable bonds is 10. The van der Waals surface area contributed by atoms with Crippen LogP contribution in [0.5, 0.6) is 0 Å². The van der Waals surface area contributed by atoms with E-state index in [9.17, 15) is 24.6 Å². The molecule has 0 saturated carbocycles. The van der Waals surface area contributed by atoms with Gasteiger partial charge in [-0.25, -0.2) is 0 Å². The molecule has 0 aromatic carbocycles. The summed E-state index contributed by atoms with van der Waals surface area (Å²) in [6.07, 6.45) is 7.06. The molecule has 11 atom stereocenters. The SMILES string of the molecule is C/C=C(\C)[C@H]1O[C@@]2(C[C@@H](OC(=O)[C@@H]3C=C(C)[C@@H](OC)[C@H]4OC/C(=C\C=C\[C@H](C)CC(C)=O)[C@]43O)C[C@@H](CC=O)O2)C[C@H](O)[C@@H]1C. The summed E-state index contributed by atoms with van der Waals surface area (Å²) in [7, 11) is 1.53. The van der Waals surface area contributed by atoms with E-state index in [1.165, 1.54) is 7.11 Å². The van der Waals surface area contributed by atoms with Gasteiger partial charge in [-0.3, -0.25) is 4.79 Å². The number of hydrogen-bond acceptors (Lipinski definition) is 10. The number of carbonyl (C=O) groups excluding carboxylic acids is 3. The van der Waals surface area contributed by atoms with Crippen LogP contribution in [0.4, 0.5) is 0 Å². The Balaban J connectivity index is 1.62. The van der Waals surface area contributed by atoms with Crippen LogP contribution in [0.25, 0.3) is 0 Å². The largest absolute Gasteiger partial charge is 0.462 e. The Labute approximate surface area is 266 Å². The molecule has 0 aromatic heterocycles. The molecule has 2 N–H and O–H groups in total. The van der Waals surface area contributed by atoms with Gasteiger partial charge in [-0.15, -0.1) is 0 Å². The lowest BCUT2D eigenvalue weighted by atomic mass is 9.70. The van der Waals surface area contributed by atoms with Crippen LogP contribution in [0.2, 0.25) is 0 Å². The minimum absolute atomic E-state index is 0.00737. The highest BCUT2D eigenvalue weighted by Gasteiger charge is 2.60. The van der Waals surface area contributed by atoms with Gasteiger partial charge in [0.05, 0.1) is 24.9 Å². The summed E-state index contributed by atoms with van der Waals surface area (Å²) in [6.45, 7) is 11.2. The van der Waals surface area contributed by atoms with Crippen molar-refractivity contribution in [2.24, 2.45) is 17.8 Å². The zero-order valence-electron chi connectivity index (χ0n) is 27.6. The fourth-order valence-electron chi connectivity index (χ4n) is 7.32. The van der Waals surface area contributed by atoms with E-state index in [2.05, 4.69) is 0 Å². The van der Waals surface area contributed by atoms with E-state index in [1.54, 1.807) is 25.2 Å². The lowest BCUT2D eigenvalue weighted by molar-refractivity contribution is -0.342. The third kappa shape index (κ3) is 7.42. The first-order chi connectivity index (χ1) is 21.3. The van der Waals surface area contributed by atoms with Crippen molar-refractivity contribution >= 4 is 18.0 Å². The molecular formula is C35H50O10. The Kier molecular flexibility index (Phi) is 11.4. The summed E-state index contributed by atoms with van der Waals surface area (Å²) < 4.78 is 30.7. The van der Waals surface area contributed by atoms with Crippen LogP contribution in [-0.2, 0) is 38.1 Å². The number of hydrogen-bond donors (Lipinski definition) is 2. The molecule has 3 aliphatic heterocycles. The lowest BCUT2D eigenvalue weighted by Crippen LogP contribution is -2.59. The van der Waals surface area contributed by atoms with Crippen LogP contribution >= 0.6 is 0 Å². The van der Waals surface area contributed by atoms with E-state index in [4.69, 9.17) is 23.7 Å². The second-order valence-corrected chi connectivity index (χ2v) is 13.3. The number of methoxy groups -OCH3 is 1. The maximum atomic E-state index is 14.1. The number of esters is 1. The first-order valence-corrected chi connectivity index (χ1v) is 16.0. The van der Waals surface area contributed by atoms with Crippen LogP contribution in [0.15, 0.2) is 47.1 Å². The van der Waals surface area contributed by atoms with E-state index in [0.29, 0.717) is 12.0 Å². The molecule has 10 heteroatoms. The van der Waals surface area contributed by atoms with Crippen molar-refractivity contribution in [1.29, 1.82) is 0 Å². The molecule has 3 heterocycles. The van der Waals surface area contributed by atoms with Crippen LogP contribution < -0.4 is 0 Å². The van der Waals surface area contributed by atoms with Crippen molar-refractivity contribution in [2.45, 2.75) is 122 Å². The highest BCUT2D eigenvalue weighted by atomic mass is 16.7. The molecule has 0 radical (unpaired) electrons. The molecule has 250 valence electrons. The Morgan fingerprint density at radius 2 is 1.96 bits per heavy atom. The number of carbonyl (C=O) groups is 3. The van der Waals surface area contributed by atoms with Gasteiger partial charge in [-0.2, -0.15) is 0 Å². The van der Waals surface area contributed by atoms with Crippen LogP contribution in [0, 0.1) is 17.8 Å². The van der Waals surface area contributed by atoms with Crippen molar-refractivity contribution in [2.75, 3.05) is 13.7 Å². The highest BCUT2D eigenvalue weighted by molar-refractivity contribution is 5.78. The van der Waals surface area contributed by atoms with Gasteiger partial charge in [0.25, 0.3) is 0 Å². The average Bonchev–Trinajstić information content (AvgIpc) is 3.30. The Bertz CT molecular complexity index is 1230. The van der Waals surface area contributed by atoms with Crippen molar-refractivity contribution in [3.63, 3.8) is 0 Å². The number of aliphatic hydroxyl groups excluding tert-OH is 1. The van der Waals surface area contributed by atoms with Crippen LogP contribution in [0.1, 0.15) is 73.6 Å². The molecule has 4 aliphatic rings. The fourth-order valence-corrected chi connectivity index (χ4v) is 7.32. The molecule has 0 unspecified atom stereocenters. The predicted octanol–water partition coefficient (Wildman–Crippen LogP) is 3.93. The zero-order chi connectivity index (χ0) is 33.1. The summed E-state index contributed by atoms with van der Waals surface area (Å²) in [5, 5.41) is 23.3. The number of aldehydes is 1. The topological polar surface area (TPSA) is 138 Å². The van der Waals surface area contributed by atoms with E-state index < -0.39 is 59.9 Å². The summed E-state index contributed by atoms with van der Waals surface area (Å²) >= 11 is 0. The van der Waals surface area contributed by atoms with Gasteiger partial charge < -0.3 is 43.5 Å². The molecule has 0 aromatic rings. The summed E-state index contributed by atoms with van der Waals surface area (Å²) in [6, 6.07) is 0. The number of aliphatic hydroxyl groups is 2. The molecule has 1 spiro atoms. The van der Waals surface area contributed by atoms with Gasteiger partial charge in [0, 0.05) is 45.1 Å². The van der Waals surface area contributed by atoms with Crippen molar-refractivity contribution < 1.29 is 48.3 Å². The lowest BCUT2D eigenvalue weighted by Gasteiger charge is -2.51. The number of fused-ring (bicyclic) bond motifs is 1. The standard InChI is InChI=1S/C35H50O10/c1-8-21(3)30-24(6)29(38)18-34(45-30)17-27(16-26(44-34)12-13-36)43-33(39)28-15-22(4)31(41-7)32-35(28,40)25(19-42-32)11-9-10-20(2)14-23(5)37/h8-11,13,15,20,24,26-32,38,40H,12,14,16-19H2,1-7H3/b10-9+,21-8+,25-11+/t20-,24-,26+,27-,28-,29-,30+,31+,32+,34-,35+/m0/s1. The monoisotopic (exact) mass is 630 g/mol. The van der Waals surface area contributed by atoms with E-state index in [1.807, 2.05) is 46.8 Å². The fraction of sp³-hybridized carbons (Fsp3) is 0.686. The van der Waals surface area contributed by atoms with E-state index in [0.717, 1.165) is 17.4 Å². The zero-order valence-corrected chi connectivity index (χ0v) is 27.6. The van der Waals surface area contributed by atoms with Gasteiger partial charge in [0.15, 0.2) is 5.79 Å². The molecule has 4 rings (SSSR count). The summed E-state index contributed by atoms with van der Waals surface area (Å²) in [4.78, 5) is 37.1. The average molecular weight is 631 g/mol. The molecule has 45 heavy (non-hydrogen) atoms. The van der Waals surface area contributed by atoms with Crippen molar-refractivity contribution in [3.8, 4) is 0 Å². The second kappa shape index (κ2) is 14.5. The van der Waals surface area contributed by atoms with Gasteiger partial charge in [-0.05, 0) is 50.3 Å². The third-order valence-corrected chi connectivity index (χ3v) is 9.79. The molecule has 1 aliphatic carbocycles. The van der Waals surface area contributed by atoms with Crippen molar-refractivity contribution in [3.05, 3.63) is 47.1 Å². The minimum Gasteiger partial charge on any atom is -0.462 e. The smallest absolute Gasteiger partial charge is 0.316 e. The molecule has 0 amide bonds. The van der Waals surface area contributed by atoms with Gasteiger partial charge in [0.2, 0.25) is 0 Å². The van der Waals surface area contributed by atoms with Crippen LogP contribution in [0.3, 0.4) is 0 Å². The van der Waals surface area contributed by atoms with E-state index >= 15 is 0 Å². The first-order valence-electron chi connectivity index (χ1n) is 16.0. The first kappa shape index (κ1) is 35.4. The normalized spacial score (nSPS) is 40.3. The minimum atomic E-state index is -1.74. The number of allylic oxidation sites excluding steroid dienone is 4. The molecule has 0 bridgehead atoms. The maximum Gasteiger partial charge on any atom is 0.316 e. The molecular weight excluding hydrogens is 580 g/mol. The van der Waals surface area contributed by atoms with Gasteiger partial charge >= 0.3 is 5.97 Å². The third-order valence-electron chi connectivity index (χ3n) is 9.79. The summed E-state index contributed by atoms with van der Waals surface area (Å²) in [5.41, 5.74) is 0.452. The van der Waals surface area contributed by atoms with E-state index in [-0.39, 0.29) is 49.9 Å². The molecule has 3 saturated heterocycles. The number of ketones is 1. The molecule has 10 nitrogen and oxygen atoms in total. The quantitative estimate of drug-likeness (QED) is 0.207. The Morgan fingerprint density at radius 1 is 1.22 bits per heavy atom. The maximum absolute atomic E-state index is 14.1. The molecule has 3 fully saturated rings. The summed E-state index contributed by atoms with van der Waals surface area (Å²) in [5.74, 6) is -3.07. The predicted molar refractivity (Wildman–Crippen MR) is 166 cm³/mol. The van der Waals surface area contributed by atoms with Gasteiger partial charge in [0.1, 0.15) is 41.9 Å². The van der Waals surface area contributed by atoms with Gasteiger partial charge in [-0.1, -0.05) is 44.2 Å².